The quantitative estimate of drug-likeness (QED) is 0.779. The molecule has 0 unspecified atom stereocenters. The van der Waals surface area contributed by atoms with Crippen LogP contribution in [0.3, 0.4) is 0 Å². The van der Waals surface area contributed by atoms with E-state index >= 15 is 0 Å². The second-order valence-electron chi connectivity index (χ2n) is 4.67. The van der Waals surface area contributed by atoms with Crippen molar-refractivity contribution in [2.24, 2.45) is 0 Å². The third kappa shape index (κ3) is 5.11. The van der Waals surface area contributed by atoms with Crippen molar-refractivity contribution in [2.75, 3.05) is 11.9 Å². The second-order valence-corrected chi connectivity index (χ2v) is 5.92. The number of thiophene rings is 1. The molecule has 0 amide bonds. The molecule has 1 heterocycles. The van der Waals surface area contributed by atoms with Crippen LogP contribution in [0.2, 0.25) is 0 Å². The minimum atomic E-state index is -0.794. The van der Waals surface area contributed by atoms with Crippen LogP contribution in [0.4, 0.5) is 5.69 Å². The van der Waals surface area contributed by atoms with Gasteiger partial charge in [-0.15, -0.1) is 11.3 Å². The standard InChI is InChI=1S/C16H19NO3S/c1-2-8-20-13-5-3-4-12(9-13)17-11-15-7-6-14(21-15)10-16(18)19/h3-7,9,17H,2,8,10-11H2,1H3,(H,18,19). The fourth-order valence-corrected chi connectivity index (χ4v) is 2.82. The van der Waals surface area contributed by atoms with E-state index in [2.05, 4.69) is 12.2 Å². The van der Waals surface area contributed by atoms with Crippen molar-refractivity contribution in [1.29, 1.82) is 0 Å². The van der Waals surface area contributed by atoms with Gasteiger partial charge in [-0.2, -0.15) is 0 Å². The average molecular weight is 305 g/mol. The molecule has 1 aromatic carbocycles. The number of carbonyl (C=O) groups is 1. The highest BCUT2D eigenvalue weighted by Crippen LogP contribution is 2.21. The number of nitrogens with one attached hydrogen (secondary N) is 1. The maximum Gasteiger partial charge on any atom is 0.308 e. The van der Waals surface area contributed by atoms with Crippen molar-refractivity contribution >= 4 is 23.0 Å². The molecule has 0 aliphatic heterocycles. The molecule has 4 nitrogen and oxygen atoms in total. The molecule has 0 bridgehead atoms. The fraction of sp³-hybridized carbons (Fsp3) is 0.312. The Morgan fingerprint density at radius 3 is 2.86 bits per heavy atom. The SMILES string of the molecule is CCCOc1cccc(NCc2ccc(CC(=O)O)s2)c1. The summed E-state index contributed by atoms with van der Waals surface area (Å²) in [5.74, 6) is 0.0664. The monoisotopic (exact) mass is 305 g/mol. The summed E-state index contributed by atoms with van der Waals surface area (Å²) in [6, 6.07) is 11.7. The molecular weight excluding hydrogens is 286 g/mol. The molecule has 0 aliphatic carbocycles. The van der Waals surface area contributed by atoms with Gasteiger partial charge in [0.1, 0.15) is 5.75 Å². The molecule has 2 N–H and O–H groups in total. The largest absolute Gasteiger partial charge is 0.494 e. The van der Waals surface area contributed by atoms with Crippen LogP contribution in [0.1, 0.15) is 23.1 Å². The summed E-state index contributed by atoms with van der Waals surface area (Å²) >= 11 is 1.52. The van der Waals surface area contributed by atoms with Gasteiger partial charge in [-0.1, -0.05) is 13.0 Å². The van der Waals surface area contributed by atoms with Gasteiger partial charge in [0.2, 0.25) is 0 Å². The van der Waals surface area contributed by atoms with Crippen molar-refractivity contribution in [2.45, 2.75) is 26.3 Å². The molecule has 0 fully saturated rings. The summed E-state index contributed by atoms with van der Waals surface area (Å²) < 4.78 is 5.59. The predicted octanol–water partition coefficient (Wildman–Crippen LogP) is 3.78. The first-order valence-electron chi connectivity index (χ1n) is 6.93. The highest BCUT2D eigenvalue weighted by Gasteiger charge is 2.04. The molecule has 112 valence electrons. The first-order chi connectivity index (χ1) is 10.2. The lowest BCUT2D eigenvalue weighted by Gasteiger charge is -2.08. The number of hydrogen-bond donors (Lipinski definition) is 2. The number of hydrogen-bond acceptors (Lipinski definition) is 4. The van der Waals surface area contributed by atoms with Crippen molar-refractivity contribution < 1.29 is 14.6 Å². The summed E-state index contributed by atoms with van der Waals surface area (Å²) in [4.78, 5) is 12.6. The van der Waals surface area contributed by atoms with Crippen LogP contribution in [0.15, 0.2) is 36.4 Å². The van der Waals surface area contributed by atoms with E-state index in [1.54, 1.807) is 0 Å². The lowest BCUT2D eigenvalue weighted by molar-refractivity contribution is -0.136. The Kier molecular flexibility index (Phi) is 5.63. The number of rotatable bonds is 8. The van der Waals surface area contributed by atoms with Gasteiger partial charge in [0.25, 0.3) is 0 Å². The summed E-state index contributed by atoms with van der Waals surface area (Å²) in [6.45, 7) is 3.47. The van der Waals surface area contributed by atoms with E-state index < -0.39 is 5.97 Å². The zero-order valence-corrected chi connectivity index (χ0v) is 12.8. The first-order valence-corrected chi connectivity index (χ1v) is 7.75. The van der Waals surface area contributed by atoms with Gasteiger partial charge in [-0.25, -0.2) is 0 Å². The van der Waals surface area contributed by atoms with Gasteiger partial charge in [0.15, 0.2) is 0 Å². The van der Waals surface area contributed by atoms with Crippen molar-refractivity contribution in [1.82, 2.24) is 0 Å². The number of carboxylic acid groups (broad SMARTS) is 1. The molecule has 1 aromatic heterocycles. The van der Waals surface area contributed by atoms with Gasteiger partial charge in [-0.05, 0) is 30.7 Å². The molecule has 0 saturated heterocycles. The van der Waals surface area contributed by atoms with E-state index in [9.17, 15) is 4.79 Å². The van der Waals surface area contributed by atoms with E-state index in [1.165, 1.54) is 11.3 Å². The molecule has 5 heteroatoms. The first kappa shape index (κ1) is 15.4. The van der Waals surface area contributed by atoms with E-state index in [0.29, 0.717) is 13.2 Å². The summed E-state index contributed by atoms with van der Waals surface area (Å²) in [5.41, 5.74) is 0.997. The number of anilines is 1. The van der Waals surface area contributed by atoms with E-state index in [-0.39, 0.29) is 6.42 Å². The Hall–Kier alpha value is -2.01. The topological polar surface area (TPSA) is 58.6 Å². The molecule has 0 radical (unpaired) electrons. The smallest absolute Gasteiger partial charge is 0.308 e. The van der Waals surface area contributed by atoms with Crippen LogP contribution < -0.4 is 10.1 Å². The van der Waals surface area contributed by atoms with Crippen LogP contribution >= 0.6 is 11.3 Å². The third-order valence-corrected chi connectivity index (χ3v) is 3.90. The summed E-state index contributed by atoms with van der Waals surface area (Å²) in [6.07, 6.45) is 1.07. The van der Waals surface area contributed by atoms with Crippen LogP contribution in [0.25, 0.3) is 0 Å². The molecule has 0 aliphatic rings. The minimum Gasteiger partial charge on any atom is -0.494 e. The maximum absolute atomic E-state index is 10.7. The highest BCUT2D eigenvalue weighted by atomic mass is 32.1. The summed E-state index contributed by atoms with van der Waals surface area (Å²) in [7, 11) is 0. The van der Waals surface area contributed by atoms with E-state index in [4.69, 9.17) is 9.84 Å². The third-order valence-electron chi connectivity index (χ3n) is 2.82. The molecule has 21 heavy (non-hydrogen) atoms. The molecule has 2 aromatic rings. The van der Waals surface area contributed by atoms with Gasteiger partial charge in [-0.3, -0.25) is 4.79 Å². The van der Waals surface area contributed by atoms with Gasteiger partial charge in [0.05, 0.1) is 13.0 Å². The zero-order valence-electron chi connectivity index (χ0n) is 12.0. The number of benzene rings is 1. The van der Waals surface area contributed by atoms with Crippen molar-refractivity contribution in [3.8, 4) is 5.75 Å². The average Bonchev–Trinajstić information content (AvgIpc) is 2.90. The van der Waals surface area contributed by atoms with Crippen LogP contribution in [-0.4, -0.2) is 17.7 Å². The van der Waals surface area contributed by atoms with Crippen molar-refractivity contribution in [3.63, 3.8) is 0 Å². The maximum atomic E-state index is 10.7. The number of carboxylic acids is 1. The fourth-order valence-electron chi connectivity index (χ4n) is 1.87. The molecular formula is C16H19NO3S. The van der Waals surface area contributed by atoms with Crippen LogP contribution in [-0.2, 0) is 17.8 Å². The molecule has 0 atom stereocenters. The Morgan fingerprint density at radius 1 is 1.29 bits per heavy atom. The van der Waals surface area contributed by atoms with Crippen LogP contribution in [0, 0.1) is 0 Å². The zero-order chi connectivity index (χ0) is 15.1. The van der Waals surface area contributed by atoms with Gasteiger partial charge < -0.3 is 15.2 Å². The van der Waals surface area contributed by atoms with Crippen LogP contribution in [0.5, 0.6) is 5.75 Å². The van der Waals surface area contributed by atoms with Gasteiger partial charge >= 0.3 is 5.97 Å². The molecule has 2 rings (SSSR count). The lowest BCUT2D eigenvalue weighted by Crippen LogP contribution is -1.99. The van der Waals surface area contributed by atoms with Gasteiger partial charge in [0, 0.05) is 28.1 Å². The predicted molar refractivity (Wildman–Crippen MR) is 85.2 cm³/mol. The molecule has 0 spiro atoms. The Morgan fingerprint density at radius 2 is 2.10 bits per heavy atom. The Balaban J connectivity index is 1.90. The van der Waals surface area contributed by atoms with Crippen molar-refractivity contribution in [3.05, 3.63) is 46.2 Å². The van der Waals surface area contributed by atoms with E-state index in [0.717, 1.165) is 27.6 Å². The Bertz CT molecular complexity index is 595. The number of ether oxygens (including phenoxy) is 1. The normalized spacial score (nSPS) is 10.3. The van der Waals surface area contributed by atoms with E-state index in [1.807, 2.05) is 36.4 Å². The minimum absolute atomic E-state index is 0.0883. The summed E-state index contributed by atoms with van der Waals surface area (Å²) in [5, 5.41) is 12.1. The Labute approximate surface area is 128 Å². The molecule has 0 saturated carbocycles. The highest BCUT2D eigenvalue weighted by molar-refractivity contribution is 7.12. The number of aliphatic carboxylic acids is 1. The second kappa shape index (κ2) is 7.69. The lowest BCUT2D eigenvalue weighted by atomic mass is 10.3.